The monoisotopic (exact) mass is 177 g/mol. The Hall–Kier alpha value is -1.40. The fourth-order valence-corrected chi connectivity index (χ4v) is 1.31. The average Bonchev–Trinajstić information content (AvgIpc) is 2.86. The first-order chi connectivity index (χ1) is 6.15. The molecular formula is C10H8FNO. The third kappa shape index (κ3) is 1.30. The summed E-state index contributed by atoms with van der Waals surface area (Å²) in [4.78, 5) is 0. The number of hydrogen-bond acceptors (Lipinski definition) is 2. The van der Waals surface area contributed by atoms with Crippen LogP contribution in [0.1, 0.15) is 24.0 Å². The van der Waals surface area contributed by atoms with E-state index in [2.05, 4.69) is 0 Å². The number of halogens is 1. The molecule has 0 heterocycles. The van der Waals surface area contributed by atoms with Gasteiger partial charge in [-0.1, -0.05) is 6.07 Å². The molecule has 1 aliphatic carbocycles. The lowest BCUT2D eigenvalue weighted by atomic mass is 10.0. The number of nitrogens with zero attached hydrogens (tertiary/aromatic N) is 1. The molecule has 1 aromatic carbocycles. The van der Waals surface area contributed by atoms with Crippen molar-refractivity contribution in [1.29, 1.82) is 5.26 Å². The van der Waals surface area contributed by atoms with Crippen molar-refractivity contribution in [2.75, 3.05) is 0 Å². The number of benzene rings is 1. The molecule has 0 atom stereocenters. The highest BCUT2D eigenvalue weighted by Crippen LogP contribution is 2.45. The van der Waals surface area contributed by atoms with E-state index in [4.69, 9.17) is 5.26 Å². The van der Waals surface area contributed by atoms with Crippen molar-refractivity contribution in [3.8, 4) is 6.07 Å². The topological polar surface area (TPSA) is 44.0 Å². The molecule has 1 fully saturated rings. The molecular weight excluding hydrogens is 169 g/mol. The summed E-state index contributed by atoms with van der Waals surface area (Å²) in [5.74, 6) is -0.532. The van der Waals surface area contributed by atoms with Crippen LogP contribution in [0, 0.1) is 17.1 Å². The van der Waals surface area contributed by atoms with Gasteiger partial charge in [-0.25, -0.2) is 4.39 Å². The second kappa shape index (κ2) is 2.54. The molecule has 0 saturated heterocycles. The van der Waals surface area contributed by atoms with Gasteiger partial charge in [0.25, 0.3) is 0 Å². The molecule has 0 radical (unpaired) electrons. The number of rotatable bonds is 1. The minimum absolute atomic E-state index is 0.00201. The first kappa shape index (κ1) is 8.21. The van der Waals surface area contributed by atoms with Crippen molar-refractivity contribution in [3.05, 3.63) is 35.1 Å². The molecule has 3 heteroatoms. The predicted octanol–water partition coefficient (Wildman–Crippen LogP) is 1.68. The van der Waals surface area contributed by atoms with Gasteiger partial charge in [0.15, 0.2) is 0 Å². The molecule has 2 nitrogen and oxygen atoms in total. The van der Waals surface area contributed by atoms with Crippen molar-refractivity contribution in [2.24, 2.45) is 0 Å². The first-order valence-corrected chi connectivity index (χ1v) is 4.08. The lowest BCUT2D eigenvalue weighted by molar-refractivity contribution is 0.151. The highest BCUT2D eigenvalue weighted by molar-refractivity contribution is 5.38. The zero-order chi connectivity index (χ0) is 9.47. The van der Waals surface area contributed by atoms with E-state index < -0.39 is 11.4 Å². The van der Waals surface area contributed by atoms with Gasteiger partial charge < -0.3 is 5.11 Å². The molecule has 0 aromatic heterocycles. The Kier molecular flexibility index (Phi) is 1.61. The second-order valence-corrected chi connectivity index (χ2v) is 3.34. The lowest BCUT2D eigenvalue weighted by Gasteiger charge is -2.07. The zero-order valence-corrected chi connectivity index (χ0v) is 6.92. The van der Waals surface area contributed by atoms with Gasteiger partial charge >= 0.3 is 0 Å². The van der Waals surface area contributed by atoms with Crippen molar-refractivity contribution >= 4 is 0 Å². The van der Waals surface area contributed by atoms with E-state index in [1.807, 2.05) is 0 Å². The van der Waals surface area contributed by atoms with E-state index in [0.29, 0.717) is 18.4 Å². The fourth-order valence-electron chi connectivity index (χ4n) is 1.31. The van der Waals surface area contributed by atoms with Crippen LogP contribution < -0.4 is 0 Å². The molecule has 0 bridgehead atoms. The normalized spacial score (nSPS) is 17.9. The summed E-state index contributed by atoms with van der Waals surface area (Å²) in [7, 11) is 0. The number of aliphatic hydroxyl groups is 1. The van der Waals surface area contributed by atoms with Crippen LogP contribution in [0.15, 0.2) is 18.2 Å². The standard InChI is InChI=1S/C10H8FNO/c11-9-2-1-8(5-7(9)6-12)10(13)3-4-10/h1-2,5,13H,3-4H2. The first-order valence-electron chi connectivity index (χ1n) is 4.08. The van der Waals surface area contributed by atoms with E-state index in [0.717, 1.165) is 0 Å². The van der Waals surface area contributed by atoms with E-state index in [1.54, 1.807) is 6.07 Å². The average molecular weight is 177 g/mol. The molecule has 0 spiro atoms. The van der Waals surface area contributed by atoms with Crippen LogP contribution in [0.25, 0.3) is 0 Å². The van der Waals surface area contributed by atoms with Crippen molar-refractivity contribution in [3.63, 3.8) is 0 Å². The highest BCUT2D eigenvalue weighted by Gasteiger charge is 2.42. The van der Waals surface area contributed by atoms with E-state index in [1.165, 1.54) is 18.2 Å². The summed E-state index contributed by atoms with van der Waals surface area (Å²) < 4.78 is 12.9. The third-order valence-electron chi connectivity index (χ3n) is 2.35. The Morgan fingerprint density at radius 1 is 1.46 bits per heavy atom. The minimum atomic E-state index is -0.792. The van der Waals surface area contributed by atoms with Crippen LogP contribution in [0.4, 0.5) is 4.39 Å². The second-order valence-electron chi connectivity index (χ2n) is 3.34. The van der Waals surface area contributed by atoms with Crippen LogP contribution in [-0.2, 0) is 5.60 Å². The molecule has 1 aromatic rings. The molecule has 0 amide bonds. The van der Waals surface area contributed by atoms with Crippen LogP contribution >= 0.6 is 0 Å². The molecule has 66 valence electrons. The molecule has 1 saturated carbocycles. The van der Waals surface area contributed by atoms with E-state index in [-0.39, 0.29) is 5.56 Å². The number of hydrogen-bond donors (Lipinski definition) is 1. The van der Waals surface area contributed by atoms with Gasteiger partial charge in [-0.3, -0.25) is 0 Å². The maximum Gasteiger partial charge on any atom is 0.140 e. The number of nitriles is 1. The predicted molar refractivity (Wildman–Crippen MR) is 44.2 cm³/mol. The molecule has 0 aliphatic heterocycles. The summed E-state index contributed by atoms with van der Waals surface area (Å²) in [6, 6.07) is 5.93. The van der Waals surface area contributed by atoms with Crippen molar-refractivity contribution < 1.29 is 9.50 Å². The van der Waals surface area contributed by atoms with Gasteiger partial charge in [0.1, 0.15) is 11.9 Å². The summed E-state index contributed by atoms with van der Waals surface area (Å²) in [6.07, 6.45) is 1.40. The molecule has 1 aliphatic rings. The summed E-state index contributed by atoms with van der Waals surface area (Å²) in [5.41, 5.74) is -0.150. The Balaban J connectivity index is 2.46. The Labute approximate surface area is 75.2 Å². The van der Waals surface area contributed by atoms with Crippen LogP contribution in [0.5, 0.6) is 0 Å². The lowest BCUT2D eigenvalue weighted by Crippen LogP contribution is -2.04. The summed E-state index contributed by atoms with van der Waals surface area (Å²) >= 11 is 0. The Morgan fingerprint density at radius 2 is 2.15 bits per heavy atom. The molecule has 0 unspecified atom stereocenters. The Morgan fingerprint density at radius 3 is 2.69 bits per heavy atom. The molecule has 2 rings (SSSR count). The third-order valence-corrected chi connectivity index (χ3v) is 2.35. The van der Waals surface area contributed by atoms with Crippen LogP contribution in [-0.4, -0.2) is 5.11 Å². The van der Waals surface area contributed by atoms with Gasteiger partial charge in [-0.05, 0) is 30.5 Å². The smallest absolute Gasteiger partial charge is 0.140 e. The largest absolute Gasteiger partial charge is 0.385 e. The van der Waals surface area contributed by atoms with Crippen LogP contribution in [0.2, 0.25) is 0 Å². The quantitative estimate of drug-likeness (QED) is 0.709. The molecule has 1 N–H and O–H groups in total. The molecule has 13 heavy (non-hydrogen) atoms. The van der Waals surface area contributed by atoms with Crippen molar-refractivity contribution in [2.45, 2.75) is 18.4 Å². The maximum absolute atomic E-state index is 12.9. The van der Waals surface area contributed by atoms with Gasteiger partial charge in [0, 0.05) is 0 Å². The maximum atomic E-state index is 12.9. The summed E-state index contributed by atoms with van der Waals surface area (Å²) in [5, 5.41) is 18.2. The van der Waals surface area contributed by atoms with Gasteiger partial charge in [-0.15, -0.1) is 0 Å². The van der Waals surface area contributed by atoms with Crippen LogP contribution in [0.3, 0.4) is 0 Å². The van der Waals surface area contributed by atoms with Gasteiger partial charge in [-0.2, -0.15) is 5.26 Å². The SMILES string of the molecule is N#Cc1cc(C2(O)CC2)ccc1F. The fraction of sp³-hybridized carbons (Fsp3) is 0.300. The zero-order valence-electron chi connectivity index (χ0n) is 6.92. The highest BCUT2D eigenvalue weighted by atomic mass is 19.1. The Bertz CT molecular complexity index is 390. The summed E-state index contributed by atoms with van der Waals surface area (Å²) in [6.45, 7) is 0. The minimum Gasteiger partial charge on any atom is -0.385 e. The van der Waals surface area contributed by atoms with Gasteiger partial charge in [0.2, 0.25) is 0 Å². The van der Waals surface area contributed by atoms with E-state index >= 15 is 0 Å². The van der Waals surface area contributed by atoms with Gasteiger partial charge in [0.05, 0.1) is 11.2 Å². The van der Waals surface area contributed by atoms with E-state index in [9.17, 15) is 9.50 Å². The van der Waals surface area contributed by atoms with Crippen molar-refractivity contribution in [1.82, 2.24) is 0 Å².